The molecule has 0 bridgehead atoms. The summed E-state index contributed by atoms with van der Waals surface area (Å²) in [5.41, 5.74) is 1.69. The summed E-state index contributed by atoms with van der Waals surface area (Å²) in [6, 6.07) is 6.09. The van der Waals surface area contributed by atoms with Crippen molar-refractivity contribution in [3.05, 3.63) is 40.5 Å². The highest BCUT2D eigenvalue weighted by atomic mass is 79.9. The molecule has 0 aliphatic carbocycles. The number of alkyl carbamates (subject to hydrolysis) is 1. The first-order valence-corrected chi connectivity index (χ1v) is 7.54. The Hall–Kier alpha value is -1.75. The number of ether oxygens (including phenoxy) is 1. The molecule has 0 fully saturated rings. The maximum Gasteiger partial charge on any atom is 0.407 e. The Bertz CT molecular complexity index is 668. The molecule has 0 saturated heterocycles. The summed E-state index contributed by atoms with van der Waals surface area (Å²) in [6.07, 6.45) is 5.41. The number of hydrogen-bond donors (Lipinski definition) is 2. The first-order chi connectivity index (χ1) is 9.85. The normalized spacial score (nSPS) is 12.0. The number of carbonyl (C=O) groups is 1. The maximum absolute atomic E-state index is 11.5. The van der Waals surface area contributed by atoms with Crippen LogP contribution in [0, 0.1) is 0 Å². The number of aromatic amines is 1. The van der Waals surface area contributed by atoms with E-state index in [9.17, 15) is 4.79 Å². The molecule has 1 aromatic carbocycles. The lowest BCUT2D eigenvalue weighted by molar-refractivity contribution is 0.0534. The minimum atomic E-state index is -0.474. The number of rotatable bonds is 3. The van der Waals surface area contributed by atoms with Crippen LogP contribution in [0.5, 0.6) is 0 Å². The summed E-state index contributed by atoms with van der Waals surface area (Å²) in [5.74, 6) is 0. The van der Waals surface area contributed by atoms with E-state index in [0.29, 0.717) is 6.54 Å². The number of H-pyrrole nitrogens is 1. The quantitative estimate of drug-likeness (QED) is 0.857. The van der Waals surface area contributed by atoms with Gasteiger partial charge in [-0.15, -0.1) is 0 Å². The summed E-state index contributed by atoms with van der Waals surface area (Å²) in [4.78, 5) is 14.7. The van der Waals surface area contributed by atoms with Crippen molar-refractivity contribution in [1.29, 1.82) is 0 Å². The zero-order valence-corrected chi connectivity index (χ0v) is 14.0. The Labute approximate surface area is 132 Å². The van der Waals surface area contributed by atoms with Crippen LogP contribution in [0.25, 0.3) is 17.0 Å². The molecule has 0 unspecified atom stereocenters. The molecule has 0 atom stereocenters. The molecule has 1 amide bonds. The second-order valence-corrected chi connectivity index (χ2v) is 6.63. The van der Waals surface area contributed by atoms with Crippen LogP contribution < -0.4 is 5.32 Å². The van der Waals surface area contributed by atoms with Gasteiger partial charge in [-0.05, 0) is 38.5 Å². The molecule has 0 spiro atoms. The van der Waals surface area contributed by atoms with Gasteiger partial charge in [-0.25, -0.2) is 4.79 Å². The van der Waals surface area contributed by atoms with Crippen LogP contribution in [0.1, 0.15) is 26.3 Å². The third-order valence-electron chi connectivity index (χ3n) is 2.74. The van der Waals surface area contributed by atoms with Crippen LogP contribution >= 0.6 is 15.9 Å². The van der Waals surface area contributed by atoms with E-state index < -0.39 is 11.7 Å². The predicted octanol–water partition coefficient (Wildman–Crippen LogP) is 4.47. The number of hydrogen-bond acceptors (Lipinski definition) is 2. The molecular weight excluding hydrogens is 332 g/mol. The van der Waals surface area contributed by atoms with E-state index in [-0.39, 0.29) is 0 Å². The minimum absolute atomic E-state index is 0.407. The van der Waals surface area contributed by atoms with Crippen molar-refractivity contribution < 1.29 is 9.53 Å². The molecule has 21 heavy (non-hydrogen) atoms. The Morgan fingerprint density at radius 1 is 1.43 bits per heavy atom. The number of nitrogens with one attached hydrogen (secondary N) is 2. The fourth-order valence-electron chi connectivity index (χ4n) is 1.90. The average Bonchev–Trinajstić information content (AvgIpc) is 2.75. The number of benzene rings is 1. The summed E-state index contributed by atoms with van der Waals surface area (Å²) in [5, 5.41) is 3.84. The van der Waals surface area contributed by atoms with Crippen molar-refractivity contribution in [2.75, 3.05) is 6.54 Å². The van der Waals surface area contributed by atoms with Gasteiger partial charge in [-0.3, -0.25) is 0 Å². The molecule has 1 heterocycles. The largest absolute Gasteiger partial charge is 0.444 e. The molecule has 0 aliphatic heterocycles. The number of fused-ring (bicyclic) bond motifs is 1. The van der Waals surface area contributed by atoms with Crippen molar-refractivity contribution in [2.45, 2.75) is 26.4 Å². The number of halogens is 1. The van der Waals surface area contributed by atoms with E-state index >= 15 is 0 Å². The smallest absolute Gasteiger partial charge is 0.407 e. The van der Waals surface area contributed by atoms with Crippen LogP contribution in [0.3, 0.4) is 0 Å². The van der Waals surface area contributed by atoms with E-state index in [1.165, 1.54) is 0 Å². The van der Waals surface area contributed by atoms with Crippen LogP contribution in [0.2, 0.25) is 0 Å². The lowest BCUT2D eigenvalue weighted by Crippen LogP contribution is -2.32. The van der Waals surface area contributed by atoms with Crippen molar-refractivity contribution >= 4 is 39.0 Å². The van der Waals surface area contributed by atoms with E-state index in [0.717, 1.165) is 20.9 Å². The second-order valence-electron chi connectivity index (χ2n) is 5.72. The van der Waals surface area contributed by atoms with Crippen molar-refractivity contribution in [1.82, 2.24) is 10.3 Å². The molecule has 0 radical (unpaired) electrons. The van der Waals surface area contributed by atoms with Gasteiger partial charge in [0.2, 0.25) is 0 Å². The monoisotopic (exact) mass is 350 g/mol. The standard InChI is InChI=1S/C16H19BrN2O2/c1-16(2,3)21-15(20)18-8-4-5-11-10-19-14-9-12(17)6-7-13(11)14/h4-7,9-10,19H,8H2,1-3H3,(H,18,20). The number of aromatic nitrogens is 1. The zero-order valence-electron chi connectivity index (χ0n) is 12.4. The van der Waals surface area contributed by atoms with Gasteiger partial charge < -0.3 is 15.0 Å². The van der Waals surface area contributed by atoms with E-state index in [1.54, 1.807) is 0 Å². The molecule has 2 aromatic rings. The van der Waals surface area contributed by atoms with Gasteiger partial charge in [0.25, 0.3) is 0 Å². The molecule has 4 nitrogen and oxygen atoms in total. The lowest BCUT2D eigenvalue weighted by atomic mass is 10.1. The summed E-state index contributed by atoms with van der Waals surface area (Å²) in [7, 11) is 0. The number of amides is 1. The maximum atomic E-state index is 11.5. The Kier molecular flexibility index (Phi) is 4.73. The molecule has 2 rings (SSSR count). The Morgan fingerprint density at radius 2 is 2.19 bits per heavy atom. The van der Waals surface area contributed by atoms with Crippen LogP contribution in [0.4, 0.5) is 4.79 Å². The highest BCUT2D eigenvalue weighted by Crippen LogP contribution is 2.23. The minimum Gasteiger partial charge on any atom is -0.444 e. The fraction of sp³-hybridized carbons (Fsp3) is 0.312. The van der Waals surface area contributed by atoms with E-state index in [4.69, 9.17) is 4.74 Å². The summed E-state index contributed by atoms with van der Waals surface area (Å²) in [6.45, 7) is 5.95. The van der Waals surface area contributed by atoms with Crippen LogP contribution in [-0.2, 0) is 4.74 Å². The van der Waals surface area contributed by atoms with Crippen LogP contribution in [-0.4, -0.2) is 23.2 Å². The van der Waals surface area contributed by atoms with Gasteiger partial charge in [0.05, 0.1) is 0 Å². The summed E-state index contributed by atoms with van der Waals surface area (Å²) < 4.78 is 6.20. The molecular formula is C16H19BrN2O2. The third-order valence-corrected chi connectivity index (χ3v) is 3.23. The van der Waals surface area contributed by atoms with Crippen molar-refractivity contribution in [2.24, 2.45) is 0 Å². The van der Waals surface area contributed by atoms with Crippen molar-refractivity contribution in [3.63, 3.8) is 0 Å². The highest BCUT2D eigenvalue weighted by Gasteiger charge is 2.14. The van der Waals surface area contributed by atoms with Crippen molar-refractivity contribution in [3.8, 4) is 0 Å². The highest BCUT2D eigenvalue weighted by molar-refractivity contribution is 9.10. The lowest BCUT2D eigenvalue weighted by Gasteiger charge is -2.19. The summed E-state index contributed by atoms with van der Waals surface area (Å²) >= 11 is 3.45. The Balaban J connectivity index is 1.93. The second kappa shape index (κ2) is 6.35. The predicted molar refractivity (Wildman–Crippen MR) is 89.3 cm³/mol. The molecule has 112 valence electrons. The van der Waals surface area contributed by atoms with Gasteiger partial charge in [0.1, 0.15) is 5.60 Å². The van der Waals surface area contributed by atoms with Gasteiger partial charge in [-0.2, -0.15) is 0 Å². The SMILES string of the molecule is CC(C)(C)OC(=O)NCC=Cc1c[nH]c2cc(Br)ccc12. The Morgan fingerprint density at radius 3 is 2.90 bits per heavy atom. The molecule has 0 aliphatic rings. The fourth-order valence-corrected chi connectivity index (χ4v) is 2.26. The van der Waals surface area contributed by atoms with E-state index in [2.05, 4.69) is 32.3 Å². The first-order valence-electron chi connectivity index (χ1n) is 6.75. The van der Waals surface area contributed by atoms with Crippen LogP contribution in [0.15, 0.2) is 34.9 Å². The zero-order chi connectivity index (χ0) is 15.5. The first kappa shape index (κ1) is 15.6. The van der Waals surface area contributed by atoms with Gasteiger partial charge >= 0.3 is 6.09 Å². The molecule has 0 saturated carbocycles. The van der Waals surface area contributed by atoms with E-state index in [1.807, 2.05) is 51.3 Å². The van der Waals surface area contributed by atoms with Gasteiger partial charge in [-0.1, -0.05) is 34.1 Å². The molecule has 1 aromatic heterocycles. The topological polar surface area (TPSA) is 54.1 Å². The van der Waals surface area contributed by atoms with Gasteiger partial charge in [0.15, 0.2) is 0 Å². The molecule has 2 N–H and O–H groups in total. The third kappa shape index (κ3) is 4.63. The van der Waals surface area contributed by atoms with Gasteiger partial charge in [0, 0.05) is 28.1 Å². The number of carbonyl (C=O) groups excluding carboxylic acids is 1. The molecule has 5 heteroatoms. The average molecular weight is 351 g/mol.